The third-order valence-corrected chi connectivity index (χ3v) is 4.27. The Morgan fingerprint density at radius 1 is 1.13 bits per heavy atom. The van der Waals surface area contributed by atoms with Gasteiger partial charge >= 0.3 is 11.9 Å². The topological polar surface area (TPSA) is 52.6 Å². The lowest BCUT2D eigenvalue weighted by Gasteiger charge is -2.32. The van der Waals surface area contributed by atoms with E-state index in [1.807, 2.05) is 38.1 Å². The molecule has 0 aliphatic carbocycles. The van der Waals surface area contributed by atoms with Crippen molar-refractivity contribution < 1.29 is 19.1 Å². The highest BCUT2D eigenvalue weighted by Gasteiger charge is 2.44. The maximum atomic E-state index is 12.6. The lowest BCUT2D eigenvalue weighted by molar-refractivity contribution is -0.155. The molecule has 4 nitrogen and oxygen atoms in total. The molecule has 1 atom stereocenters. The highest BCUT2D eigenvalue weighted by Crippen LogP contribution is 2.30. The highest BCUT2D eigenvalue weighted by atomic mass is 16.6. The maximum absolute atomic E-state index is 12.6. The van der Waals surface area contributed by atoms with Gasteiger partial charge in [0.2, 0.25) is 5.60 Å². The summed E-state index contributed by atoms with van der Waals surface area (Å²) in [6.07, 6.45) is 0.304. The van der Waals surface area contributed by atoms with Crippen LogP contribution in [0.25, 0.3) is 0 Å². The van der Waals surface area contributed by atoms with Crippen LogP contribution in [0.3, 0.4) is 0 Å². The third kappa shape index (κ3) is 2.72. The van der Waals surface area contributed by atoms with Gasteiger partial charge in [-0.05, 0) is 49.6 Å². The number of ether oxygens (including phenoxy) is 2. The molecule has 1 aliphatic rings. The summed E-state index contributed by atoms with van der Waals surface area (Å²) in [6.45, 7) is 5.43. The van der Waals surface area contributed by atoms with Crippen molar-refractivity contribution >= 4 is 11.9 Å². The molecular formula is C19H18O4. The van der Waals surface area contributed by atoms with E-state index in [1.54, 1.807) is 25.1 Å². The van der Waals surface area contributed by atoms with Gasteiger partial charge in [-0.1, -0.05) is 30.3 Å². The van der Waals surface area contributed by atoms with Crippen LogP contribution in [0.15, 0.2) is 42.5 Å². The average molecular weight is 310 g/mol. The van der Waals surface area contributed by atoms with Gasteiger partial charge in [-0.15, -0.1) is 0 Å². The zero-order chi connectivity index (χ0) is 16.6. The maximum Gasteiger partial charge on any atom is 0.356 e. The van der Waals surface area contributed by atoms with E-state index in [0.717, 1.165) is 16.7 Å². The molecule has 1 aliphatic heterocycles. The monoisotopic (exact) mass is 310 g/mol. The predicted molar refractivity (Wildman–Crippen MR) is 85.5 cm³/mol. The molecule has 0 spiro atoms. The molecule has 23 heavy (non-hydrogen) atoms. The Hall–Kier alpha value is -2.62. The van der Waals surface area contributed by atoms with Gasteiger partial charge in [-0.2, -0.15) is 0 Å². The van der Waals surface area contributed by atoms with Gasteiger partial charge in [0.15, 0.2) is 0 Å². The molecule has 1 heterocycles. The number of carbonyl (C=O) groups is 2. The van der Waals surface area contributed by atoms with Crippen LogP contribution in [0.2, 0.25) is 0 Å². The number of hydrogen-bond donors (Lipinski definition) is 0. The Morgan fingerprint density at radius 2 is 1.87 bits per heavy atom. The van der Waals surface area contributed by atoms with Crippen molar-refractivity contribution in [2.75, 3.05) is 0 Å². The van der Waals surface area contributed by atoms with E-state index in [9.17, 15) is 9.59 Å². The molecule has 0 N–H and O–H groups in total. The summed E-state index contributed by atoms with van der Waals surface area (Å²) in [6, 6.07) is 12.7. The molecule has 2 aromatic carbocycles. The summed E-state index contributed by atoms with van der Waals surface area (Å²) < 4.78 is 10.9. The van der Waals surface area contributed by atoms with Gasteiger partial charge < -0.3 is 9.47 Å². The number of esters is 2. The number of carbonyl (C=O) groups excluding carboxylic acids is 2. The number of hydrogen-bond acceptors (Lipinski definition) is 4. The van der Waals surface area contributed by atoms with Gasteiger partial charge in [0.1, 0.15) is 5.75 Å². The summed E-state index contributed by atoms with van der Waals surface area (Å²) in [5.41, 5.74) is 1.91. The van der Waals surface area contributed by atoms with Gasteiger partial charge in [0, 0.05) is 6.42 Å². The van der Waals surface area contributed by atoms with Gasteiger partial charge in [0.05, 0.1) is 5.56 Å². The lowest BCUT2D eigenvalue weighted by Crippen LogP contribution is -2.48. The first kappa shape index (κ1) is 15.3. The van der Waals surface area contributed by atoms with E-state index in [0.29, 0.717) is 17.7 Å². The highest BCUT2D eigenvalue weighted by molar-refractivity contribution is 5.96. The zero-order valence-electron chi connectivity index (χ0n) is 13.4. The minimum Gasteiger partial charge on any atom is -0.443 e. The summed E-state index contributed by atoms with van der Waals surface area (Å²) in [5, 5.41) is 0. The number of benzene rings is 2. The number of aryl methyl sites for hydroxylation is 1. The van der Waals surface area contributed by atoms with Crippen molar-refractivity contribution in [2.24, 2.45) is 0 Å². The van der Waals surface area contributed by atoms with Gasteiger partial charge in [-0.25, -0.2) is 9.59 Å². The fourth-order valence-electron chi connectivity index (χ4n) is 2.69. The number of cyclic esters (lactones) is 1. The Morgan fingerprint density at radius 3 is 2.65 bits per heavy atom. The molecule has 0 fully saturated rings. The van der Waals surface area contributed by atoms with Gasteiger partial charge in [0.25, 0.3) is 0 Å². The van der Waals surface area contributed by atoms with Gasteiger partial charge in [-0.3, -0.25) is 0 Å². The lowest BCUT2D eigenvalue weighted by atomic mass is 9.90. The second-order valence-electron chi connectivity index (χ2n) is 6.04. The molecule has 0 saturated heterocycles. The summed E-state index contributed by atoms with van der Waals surface area (Å²) in [4.78, 5) is 24.8. The first-order valence-electron chi connectivity index (χ1n) is 7.50. The van der Waals surface area contributed by atoms with E-state index in [4.69, 9.17) is 9.47 Å². The predicted octanol–water partition coefficient (Wildman–Crippen LogP) is 3.38. The summed E-state index contributed by atoms with van der Waals surface area (Å²) >= 11 is 0. The molecule has 2 aromatic rings. The van der Waals surface area contributed by atoms with Crippen molar-refractivity contribution in [3.05, 3.63) is 64.7 Å². The summed E-state index contributed by atoms with van der Waals surface area (Å²) in [5.74, 6) is -0.563. The van der Waals surface area contributed by atoms with Crippen LogP contribution in [-0.4, -0.2) is 17.5 Å². The van der Waals surface area contributed by atoms with E-state index in [2.05, 4.69) is 0 Å². The molecular weight excluding hydrogens is 292 g/mol. The zero-order valence-corrected chi connectivity index (χ0v) is 13.4. The van der Waals surface area contributed by atoms with Crippen molar-refractivity contribution in [3.63, 3.8) is 0 Å². The Bertz CT molecular complexity index is 794. The standard InChI is InChI=1S/C19H18O4/c1-12-7-6-10-16(13(12)2)22-18(21)19(3)11-14-8-4-5-9-15(14)17(20)23-19/h4-10H,11H2,1-3H3. The van der Waals surface area contributed by atoms with E-state index in [-0.39, 0.29) is 0 Å². The first-order valence-corrected chi connectivity index (χ1v) is 7.50. The molecule has 118 valence electrons. The molecule has 0 saturated carbocycles. The average Bonchev–Trinajstić information content (AvgIpc) is 2.51. The Kier molecular flexibility index (Phi) is 3.68. The molecule has 0 radical (unpaired) electrons. The second-order valence-corrected chi connectivity index (χ2v) is 6.04. The first-order chi connectivity index (χ1) is 10.9. The molecule has 0 bridgehead atoms. The van der Waals surface area contributed by atoms with Crippen molar-refractivity contribution in [3.8, 4) is 5.75 Å². The fraction of sp³-hybridized carbons (Fsp3) is 0.263. The van der Waals surface area contributed by atoms with Crippen LogP contribution in [-0.2, 0) is 16.0 Å². The van der Waals surface area contributed by atoms with E-state index in [1.165, 1.54) is 0 Å². The fourth-order valence-corrected chi connectivity index (χ4v) is 2.69. The number of fused-ring (bicyclic) bond motifs is 1. The third-order valence-electron chi connectivity index (χ3n) is 4.27. The second kappa shape index (κ2) is 5.54. The Labute approximate surface area is 135 Å². The van der Waals surface area contributed by atoms with Crippen LogP contribution in [0.1, 0.15) is 34.0 Å². The van der Waals surface area contributed by atoms with Crippen LogP contribution in [0.5, 0.6) is 5.75 Å². The van der Waals surface area contributed by atoms with Crippen LogP contribution in [0, 0.1) is 13.8 Å². The van der Waals surface area contributed by atoms with Crippen LogP contribution < -0.4 is 4.74 Å². The Balaban J connectivity index is 1.88. The van der Waals surface area contributed by atoms with Crippen molar-refractivity contribution in [1.29, 1.82) is 0 Å². The SMILES string of the molecule is Cc1cccc(OC(=O)C2(C)Cc3ccccc3C(=O)O2)c1C. The quantitative estimate of drug-likeness (QED) is 0.630. The molecule has 0 amide bonds. The minimum absolute atomic E-state index is 0.304. The van der Waals surface area contributed by atoms with E-state index < -0.39 is 17.5 Å². The summed E-state index contributed by atoms with van der Waals surface area (Å²) in [7, 11) is 0. The number of rotatable bonds is 2. The normalized spacial score (nSPS) is 19.7. The van der Waals surface area contributed by atoms with E-state index >= 15 is 0 Å². The minimum atomic E-state index is -1.32. The molecule has 1 unspecified atom stereocenters. The van der Waals surface area contributed by atoms with Crippen LogP contribution >= 0.6 is 0 Å². The molecule has 3 rings (SSSR count). The van der Waals surface area contributed by atoms with Crippen molar-refractivity contribution in [1.82, 2.24) is 0 Å². The molecule has 0 aromatic heterocycles. The van der Waals surface area contributed by atoms with Crippen LogP contribution in [0.4, 0.5) is 0 Å². The largest absolute Gasteiger partial charge is 0.443 e. The van der Waals surface area contributed by atoms with Crippen molar-refractivity contribution in [2.45, 2.75) is 32.8 Å². The smallest absolute Gasteiger partial charge is 0.356 e. The molecule has 4 heteroatoms.